The van der Waals surface area contributed by atoms with E-state index >= 15 is 0 Å². The van der Waals surface area contributed by atoms with Crippen LogP contribution in [-0.2, 0) is 13.2 Å². The van der Waals surface area contributed by atoms with Crippen molar-refractivity contribution in [2.75, 3.05) is 0 Å². The van der Waals surface area contributed by atoms with E-state index in [1.54, 1.807) is 12.1 Å². The second kappa shape index (κ2) is 7.82. The minimum absolute atomic E-state index is 0.325. The number of hydrogen-bond acceptors (Lipinski definition) is 2. The number of rotatable bonds is 6. The summed E-state index contributed by atoms with van der Waals surface area (Å²) in [6.07, 6.45) is 1.42. The number of aryl methyl sites for hydroxylation is 2. The molecule has 0 atom stereocenters. The summed E-state index contributed by atoms with van der Waals surface area (Å²) in [4.78, 5) is 0. The molecule has 0 radical (unpaired) electrons. The maximum absolute atomic E-state index is 8.71. The number of unbranched alkanes of at least 4 members (excludes halogenated alkanes) is 1. The number of nitriles is 1. The summed E-state index contributed by atoms with van der Waals surface area (Å²) in [7, 11) is 0. The van der Waals surface area contributed by atoms with Gasteiger partial charge in [-0.2, -0.15) is 5.26 Å². The van der Waals surface area contributed by atoms with Gasteiger partial charge in [0.25, 0.3) is 0 Å². The van der Waals surface area contributed by atoms with Crippen LogP contribution in [-0.4, -0.2) is 4.57 Å². The SMILES string of the molecule is Cc1cc2cc(OCc3c(Cl)cccc3Cl)ccc2n1CCCC#N. The highest BCUT2D eigenvalue weighted by Gasteiger charge is 2.09. The van der Waals surface area contributed by atoms with Gasteiger partial charge < -0.3 is 9.30 Å². The Balaban J connectivity index is 1.79. The average molecular weight is 373 g/mol. The molecular formula is C20H18Cl2N2O. The van der Waals surface area contributed by atoms with Crippen LogP contribution >= 0.6 is 23.2 Å². The third kappa shape index (κ3) is 3.92. The predicted octanol–water partition coefficient (Wildman–Crippen LogP) is 6.14. The van der Waals surface area contributed by atoms with E-state index in [9.17, 15) is 0 Å². The van der Waals surface area contributed by atoms with Gasteiger partial charge in [-0.05, 0) is 49.7 Å². The molecule has 3 rings (SSSR count). The molecule has 0 amide bonds. The summed E-state index contributed by atoms with van der Waals surface area (Å²) in [6, 6.07) is 15.8. The number of ether oxygens (including phenoxy) is 1. The Morgan fingerprint density at radius 3 is 2.60 bits per heavy atom. The van der Waals surface area contributed by atoms with Gasteiger partial charge >= 0.3 is 0 Å². The highest BCUT2D eigenvalue weighted by atomic mass is 35.5. The van der Waals surface area contributed by atoms with Crippen LogP contribution in [0.1, 0.15) is 24.1 Å². The van der Waals surface area contributed by atoms with Gasteiger partial charge in [-0.15, -0.1) is 0 Å². The Bertz CT molecular complexity index is 921. The summed E-state index contributed by atoms with van der Waals surface area (Å²) in [5.74, 6) is 0.776. The molecule has 25 heavy (non-hydrogen) atoms. The number of nitrogens with zero attached hydrogens (tertiary/aromatic N) is 2. The molecule has 0 N–H and O–H groups in total. The second-order valence-electron chi connectivity index (χ2n) is 5.91. The maximum Gasteiger partial charge on any atom is 0.120 e. The molecule has 1 heterocycles. The molecule has 0 saturated heterocycles. The maximum atomic E-state index is 8.71. The van der Waals surface area contributed by atoms with Gasteiger partial charge in [-0.1, -0.05) is 29.3 Å². The zero-order valence-corrected chi connectivity index (χ0v) is 15.4. The Morgan fingerprint density at radius 2 is 1.88 bits per heavy atom. The van der Waals surface area contributed by atoms with Gasteiger partial charge in [-0.25, -0.2) is 0 Å². The van der Waals surface area contributed by atoms with Crippen LogP contribution in [0.4, 0.5) is 0 Å². The molecule has 0 spiro atoms. The highest BCUT2D eigenvalue weighted by Crippen LogP contribution is 2.28. The molecule has 5 heteroatoms. The van der Waals surface area contributed by atoms with Crippen LogP contribution in [0.2, 0.25) is 10.0 Å². The minimum Gasteiger partial charge on any atom is -0.489 e. The fourth-order valence-corrected chi connectivity index (χ4v) is 3.42. The Morgan fingerprint density at radius 1 is 1.12 bits per heavy atom. The van der Waals surface area contributed by atoms with Crippen LogP contribution in [0.5, 0.6) is 5.75 Å². The lowest BCUT2D eigenvalue weighted by Crippen LogP contribution is -2.00. The third-order valence-electron chi connectivity index (χ3n) is 4.20. The van der Waals surface area contributed by atoms with Crippen molar-refractivity contribution in [2.24, 2.45) is 0 Å². The van der Waals surface area contributed by atoms with Gasteiger partial charge in [0.1, 0.15) is 12.4 Å². The van der Waals surface area contributed by atoms with Crippen molar-refractivity contribution < 1.29 is 4.74 Å². The zero-order chi connectivity index (χ0) is 17.8. The lowest BCUT2D eigenvalue weighted by atomic mass is 10.2. The van der Waals surface area contributed by atoms with E-state index in [-0.39, 0.29) is 0 Å². The van der Waals surface area contributed by atoms with Crippen molar-refractivity contribution in [1.29, 1.82) is 5.26 Å². The Kier molecular flexibility index (Phi) is 5.53. The Labute approximate surface area is 157 Å². The summed E-state index contributed by atoms with van der Waals surface area (Å²) in [5.41, 5.74) is 3.12. The molecular weight excluding hydrogens is 355 g/mol. The molecule has 128 valence electrons. The second-order valence-corrected chi connectivity index (χ2v) is 6.72. The largest absolute Gasteiger partial charge is 0.489 e. The lowest BCUT2D eigenvalue weighted by molar-refractivity contribution is 0.307. The van der Waals surface area contributed by atoms with Gasteiger partial charge in [-0.3, -0.25) is 0 Å². The predicted molar refractivity (Wildman–Crippen MR) is 102 cm³/mol. The molecule has 0 saturated carbocycles. The van der Waals surface area contributed by atoms with Crippen molar-refractivity contribution in [3.05, 3.63) is 63.8 Å². The monoisotopic (exact) mass is 372 g/mol. The molecule has 3 nitrogen and oxygen atoms in total. The van der Waals surface area contributed by atoms with Crippen molar-refractivity contribution in [1.82, 2.24) is 4.57 Å². The normalized spacial score (nSPS) is 10.8. The van der Waals surface area contributed by atoms with Crippen molar-refractivity contribution in [2.45, 2.75) is 32.9 Å². The van der Waals surface area contributed by atoms with E-state index in [0.717, 1.165) is 35.2 Å². The lowest BCUT2D eigenvalue weighted by Gasteiger charge is -2.10. The molecule has 0 aliphatic carbocycles. The number of fused-ring (bicyclic) bond motifs is 1. The molecule has 0 bridgehead atoms. The molecule has 0 aliphatic rings. The van der Waals surface area contributed by atoms with E-state index in [4.69, 9.17) is 33.2 Å². The molecule has 0 unspecified atom stereocenters. The number of aromatic nitrogens is 1. The summed E-state index contributed by atoms with van der Waals surface area (Å²) >= 11 is 12.4. The van der Waals surface area contributed by atoms with Crippen LogP contribution in [0.15, 0.2) is 42.5 Å². The molecule has 0 aliphatic heterocycles. The van der Waals surface area contributed by atoms with E-state index in [0.29, 0.717) is 23.1 Å². The van der Waals surface area contributed by atoms with Crippen molar-refractivity contribution in [3.8, 4) is 11.8 Å². The first-order valence-corrected chi connectivity index (χ1v) is 8.88. The summed E-state index contributed by atoms with van der Waals surface area (Å²) in [6.45, 7) is 3.25. The third-order valence-corrected chi connectivity index (χ3v) is 4.90. The topological polar surface area (TPSA) is 38.0 Å². The first-order valence-electron chi connectivity index (χ1n) is 8.12. The van der Waals surface area contributed by atoms with Crippen LogP contribution in [0, 0.1) is 18.3 Å². The smallest absolute Gasteiger partial charge is 0.120 e. The van der Waals surface area contributed by atoms with Gasteiger partial charge in [0, 0.05) is 45.2 Å². The zero-order valence-electron chi connectivity index (χ0n) is 13.9. The fraction of sp³-hybridized carbons (Fsp3) is 0.250. The molecule has 3 aromatic rings. The number of hydrogen-bond donors (Lipinski definition) is 0. The standard InChI is InChI=1S/C20H18Cl2N2O/c1-14-11-15-12-16(7-8-20(15)24(14)10-3-2-9-23)25-13-17-18(21)5-4-6-19(17)22/h4-8,11-12H,2-3,10,13H2,1H3. The first-order chi connectivity index (χ1) is 12.1. The van der Waals surface area contributed by atoms with E-state index in [2.05, 4.69) is 29.7 Å². The quantitative estimate of drug-likeness (QED) is 0.487. The van der Waals surface area contributed by atoms with E-state index in [1.807, 2.05) is 18.2 Å². The highest BCUT2D eigenvalue weighted by molar-refractivity contribution is 6.35. The van der Waals surface area contributed by atoms with Crippen LogP contribution < -0.4 is 4.74 Å². The Hall–Kier alpha value is -2.15. The number of halogens is 2. The minimum atomic E-state index is 0.325. The molecule has 1 aromatic heterocycles. The molecule has 2 aromatic carbocycles. The first kappa shape index (κ1) is 17.7. The van der Waals surface area contributed by atoms with E-state index < -0.39 is 0 Å². The van der Waals surface area contributed by atoms with Gasteiger partial charge in [0.2, 0.25) is 0 Å². The van der Waals surface area contributed by atoms with E-state index in [1.165, 1.54) is 5.69 Å². The number of benzene rings is 2. The van der Waals surface area contributed by atoms with Crippen molar-refractivity contribution >= 4 is 34.1 Å². The fourth-order valence-electron chi connectivity index (χ4n) is 2.92. The molecule has 0 fully saturated rings. The van der Waals surface area contributed by atoms with Crippen LogP contribution in [0.25, 0.3) is 10.9 Å². The average Bonchev–Trinajstić information content (AvgIpc) is 2.89. The van der Waals surface area contributed by atoms with Gasteiger partial charge in [0.05, 0.1) is 6.07 Å². The van der Waals surface area contributed by atoms with Crippen molar-refractivity contribution in [3.63, 3.8) is 0 Å². The summed E-state index contributed by atoms with van der Waals surface area (Å²) in [5, 5.41) is 11.0. The summed E-state index contributed by atoms with van der Waals surface area (Å²) < 4.78 is 8.13. The van der Waals surface area contributed by atoms with Gasteiger partial charge in [0.15, 0.2) is 0 Å². The van der Waals surface area contributed by atoms with Crippen LogP contribution in [0.3, 0.4) is 0 Å².